The van der Waals surface area contributed by atoms with Crippen molar-refractivity contribution in [2.75, 3.05) is 14.2 Å². The summed E-state index contributed by atoms with van der Waals surface area (Å²) in [4.78, 5) is 10.9. The molecule has 204 valence electrons. The zero-order valence-electron chi connectivity index (χ0n) is 23.2. The maximum absolute atomic E-state index is 14.9. The molecule has 0 heterocycles. The SMILES string of the molecule is COc1ccc(F)c(-c2ccc(COc3ccc(CC[C@H](C)CC(=O)O)cc3)cc2[C@H](OC)C(C)(C)C)c1. The Kier molecular flexibility index (Phi) is 9.92. The fourth-order valence-electron chi connectivity index (χ4n) is 4.68. The number of rotatable bonds is 12. The van der Waals surface area contributed by atoms with Crippen LogP contribution in [0.5, 0.6) is 11.5 Å². The van der Waals surface area contributed by atoms with Crippen molar-refractivity contribution in [3.8, 4) is 22.6 Å². The van der Waals surface area contributed by atoms with E-state index in [1.807, 2.05) is 49.4 Å². The third kappa shape index (κ3) is 7.81. The minimum Gasteiger partial charge on any atom is -0.497 e. The van der Waals surface area contributed by atoms with E-state index in [0.29, 0.717) is 17.9 Å². The van der Waals surface area contributed by atoms with Gasteiger partial charge in [0.05, 0.1) is 13.2 Å². The second-order valence-corrected chi connectivity index (χ2v) is 10.9. The summed E-state index contributed by atoms with van der Waals surface area (Å²) in [6.07, 6.45) is 1.56. The van der Waals surface area contributed by atoms with Crippen molar-refractivity contribution in [3.05, 3.63) is 83.2 Å². The highest BCUT2D eigenvalue weighted by Crippen LogP contribution is 2.42. The van der Waals surface area contributed by atoms with Crippen molar-refractivity contribution in [1.29, 1.82) is 0 Å². The smallest absolute Gasteiger partial charge is 0.303 e. The van der Waals surface area contributed by atoms with Gasteiger partial charge in [0.1, 0.15) is 23.9 Å². The second-order valence-electron chi connectivity index (χ2n) is 10.9. The first-order valence-corrected chi connectivity index (χ1v) is 12.9. The molecule has 0 aliphatic heterocycles. The van der Waals surface area contributed by atoms with Crippen LogP contribution in [0, 0.1) is 17.2 Å². The van der Waals surface area contributed by atoms with Crippen LogP contribution in [-0.2, 0) is 22.6 Å². The first-order valence-electron chi connectivity index (χ1n) is 12.9. The lowest BCUT2D eigenvalue weighted by molar-refractivity contribution is -0.138. The molecule has 0 aliphatic rings. The predicted octanol–water partition coefficient (Wildman–Crippen LogP) is 7.86. The molecule has 5 nitrogen and oxygen atoms in total. The average molecular weight is 523 g/mol. The first kappa shape index (κ1) is 29.2. The van der Waals surface area contributed by atoms with E-state index in [1.54, 1.807) is 26.4 Å². The molecule has 0 bridgehead atoms. The van der Waals surface area contributed by atoms with E-state index in [4.69, 9.17) is 19.3 Å². The maximum Gasteiger partial charge on any atom is 0.303 e. The van der Waals surface area contributed by atoms with Crippen LogP contribution in [0.25, 0.3) is 11.1 Å². The number of hydrogen-bond donors (Lipinski definition) is 1. The zero-order chi connectivity index (χ0) is 27.9. The van der Waals surface area contributed by atoms with Crippen LogP contribution >= 0.6 is 0 Å². The van der Waals surface area contributed by atoms with Gasteiger partial charge in [-0.05, 0) is 82.8 Å². The Bertz CT molecular complexity index is 1210. The molecular weight excluding hydrogens is 483 g/mol. The number of aliphatic carboxylic acids is 1. The molecule has 0 spiro atoms. The fourth-order valence-corrected chi connectivity index (χ4v) is 4.68. The molecule has 0 unspecified atom stereocenters. The molecule has 0 fully saturated rings. The Balaban J connectivity index is 1.81. The lowest BCUT2D eigenvalue weighted by Crippen LogP contribution is -2.21. The fraction of sp³-hybridized carbons (Fsp3) is 0.406. The van der Waals surface area contributed by atoms with Crippen LogP contribution in [0.15, 0.2) is 60.7 Å². The monoisotopic (exact) mass is 522 g/mol. The van der Waals surface area contributed by atoms with Crippen LogP contribution in [0.1, 0.15) is 63.3 Å². The van der Waals surface area contributed by atoms with Gasteiger partial charge in [-0.2, -0.15) is 0 Å². The van der Waals surface area contributed by atoms with E-state index in [-0.39, 0.29) is 29.7 Å². The summed E-state index contributed by atoms with van der Waals surface area (Å²) in [5.41, 5.74) is 3.98. The van der Waals surface area contributed by atoms with E-state index in [2.05, 4.69) is 20.8 Å². The van der Waals surface area contributed by atoms with Crippen LogP contribution in [0.3, 0.4) is 0 Å². The van der Waals surface area contributed by atoms with E-state index >= 15 is 0 Å². The highest BCUT2D eigenvalue weighted by molar-refractivity contribution is 5.70. The summed E-state index contributed by atoms with van der Waals surface area (Å²) in [5.74, 6) is 0.387. The molecule has 0 amide bonds. The summed E-state index contributed by atoms with van der Waals surface area (Å²) < 4.78 is 32.3. The largest absolute Gasteiger partial charge is 0.497 e. The van der Waals surface area contributed by atoms with E-state index in [0.717, 1.165) is 40.8 Å². The number of benzene rings is 3. The number of carbonyl (C=O) groups is 1. The van der Waals surface area contributed by atoms with Gasteiger partial charge in [0.15, 0.2) is 0 Å². The van der Waals surface area contributed by atoms with Gasteiger partial charge in [0.25, 0.3) is 0 Å². The van der Waals surface area contributed by atoms with Gasteiger partial charge < -0.3 is 19.3 Å². The summed E-state index contributed by atoms with van der Waals surface area (Å²) in [6.45, 7) is 8.60. The van der Waals surface area contributed by atoms with Gasteiger partial charge in [-0.3, -0.25) is 4.79 Å². The standard InChI is InChI=1S/C32H39FO5/c1-21(17-30(34)35)7-8-22-9-12-24(13-10-22)38-20-23-11-15-26(27-19-25(36-5)14-16-29(27)33)28(18-23)31(37-6)32(2,3)4/h9-16,18-19,21,31H,7-8,17,20H2,1-6H3,(H,34,35)/t21-,31-/m0/s1. The molecule has 1 N–H and O–H groups in total. The molecule has 0 aliphatic carbocycles. The highest BCUT2D eigenvalue weighted by Gasteiger charge is 2.29. The van der Waals surface area contributed by atoms with Gasteiger partial charge in [-0.15, -0.1) is 0 Å². The van der Waals surface area contributed by atoms with Gasteiger partial charge >= 0.3 is 5.97 Å². The van der Waals surface area contributed by atoms with Gasteiger partial charge in [0, 0.05) is 19.1 Å². The van der Waals surface area contributed by atoms with Crippen molar-refractivity contribution in [3.63, 3.8) is 0 Å². The van der Waals surface area contributed by atoms with Crippen molar-refractivity contribution in [1.82, 2.24) is 0 Å². The number of methoxy groups -OCH3 is 2. The van der Waals surface area contributed by atoms with Crippen molar-refractivity contribution >= 4 is 5.97 Å². The average Bonchev–Trinajstić information content (AvgIpc) is 2.86. The number of hydrogen-bond acceptors (Lipinski definition) is 4. The Morgan fingerprint density at radius 3 is 2.18 bits per heavy atom. The summed E-state index contributed by atoms with van der Waals surface area (Å²) >= 11 is 0. The maximum atomic E-state index is 14.9. The molecule has 3 rings (SSSR count). The molecule has 0 radical (unpaired) electrons. The Morgan fingerprint density at radius 1 is 0.921 bits per heavy atom. The van der Waals surface area contributed by atoms with Crippen molar-refractivity contribution in [2.45, 2.75) is 59.7 Å². The first-order chi connectivity index (χ1) is 18.0. The minimum absolute atomic E-state index is 0.134. The second kappa shape index (κ2) is 12.9. The van der Waals surface area contributed by atoms with E-state index in [9.17, 15) is 9.18 Å². The molecule has 0 saturated carbocycles. The number of aryl methyl sites for hydroxylation is 1. The molecule has 38 heavy (non-hydrogen) atoms. The Morgan fingerprint density at radius 2 is 1.58 bits per heavy atom. The number of halogens is 1. The molecule has 2 atom stereocenters. The molecule has 6 heteroatoms. The normalized spacial score (nSPS) is 13.1. The summed E-state index contributed by atoms with van der Waals surface area (Å²) in [6, 6.07) is 18.6. The lowest BCUT2D eigenvalue weighted by atomic mass is 9.81. The third-order valence-corrected chi connectivity index (χ3v) is 6.66. The Hall–Kier alpha value is -3.38. The number of carboxylic acid groups (broad SMARTS) is 1. The zero-order valence-corrected chi connectivity index (χ0v) is 23.2. The third-order valence-electron chi connectivity index (χ3n) is 6.66. The van der Waals surface area contributed by atoms with Crippen LogP contribution in [-0.4, -0.2) is 25.3 Å². The molecular formula is C32H39FO5. The molecule has 0 aromatic heterocycles. The topological polar surface area (TPSA) is 65.0 Å². The summed E-state index contributed by atoms with van der Waals surface area (Å²) in [7, 11) is 3.24. The van der Waals surface area contributed by atoms with Gasteiger partial charge in [-0.25, -0.2) is 4.39 Å². The summed E-state index contributed by atoms with van der Waals surface area (Å²) in [5, 5.41) is 8.93. The van der Waals surface area contributed by atoms with Crippen LogP contribution < -0.4 is 9.47 Å². The quantitative estimate of drug-likeness (QED) is 0.262. The molecule has 3 aromatic rings. The van der Waals surface area contributed by atoms with Crippen LogP contribution in [0.2, 0.25) is 0 Å². The number of carboxylic acids is 1. The predicted molar refractivity (Wildman–Crippen MR) is 148 cm³/mol. The lowest BCUT2D eigenvalue weighted by Gasteiger charge is -2.32. The Labute approximate surface area is 225 Å². The van der Waals surface area contributed by atoms with Gasteiger partial charge in [-0.1, -0.05) is 52.0 Å². The molecule has 3 aromatic carbocycles. The van der Waals surface area contributed by atoms with E-state index in [1.165, 1.54) is 6.07 Å². The van der Waals surface area contributed by atoms with Crippen molar-refractivity contribution < 1.29 is 28.5 Å². The number of ether oxygens (including phenoxy) is 3. The van der Waals surface area contributed by atoms with Gasteiger partial charge in [0.2, 0.25) is 0 Å². The van der Waals surface area contributed by atoms with E-state index < -0.39 is 5.97 Å². The van der Waals surface area contributed by atoms with Crippen LogP contribution in [0.4, 0.5) is 4.39 Å². The van der Waals surface area contributed by atoms with Crippen molar-refractivity contribution in [2.24, 2.45) is 11.3 Å². The minimum atomic E-state index is -0.759. The highest BCUT2D eigenvalue weighted by atomic mass is 19.1. The molecule has 0 saturated heterocycles.